The Morgan fingerprint density at radius 2 is 0.318 bits per heavy atom. The average molecular weight is 2710 g/mol. The summed E-state index contributed by atoms with van der Waals surface area (Å²) in [5.74, 6) is 0. The molecular formula is C75H163I13. The summed E-state index contributed by atoms with van der Waals surface area (Å²) in [5.41, 5.74) is 0. The fraction of sp³-hybridized carbons (Fsp3) is 1.00. The number of alkyl halides is 12. The molecule has 0 aromatic heterocycles. The van der Waals surface area contributed by atoms with Gasteiger partial charge >= 0.3 is 0 Å². The van der Waals surface area contributed by atoms with E-state index in [1.807, 2.05) is 4.93 Å². The van der Waals surface area contributed by atoms with E-state index in [1.54, 1.807) is 0 Å². The normalized spacial score (nSPS) is 9.99. The third-order valence-corrected chi connectivity index (χ3v) is 19.7. The van der Waals surface area contributed by atoms with Gasteiger partial charge in [0.1, 0.15) is 0 Å². The Bertz CT molecular complexity index is 799. The van der Waals surface area contributed by atoms with Crippen LogP contribution in [-0.4, -0.2) is 52.1 Å². The monoisotopic (exact) mass is 2710 g/mol. The van der Waals surface area contributed by atoms with Crippen LogP contribution in [0.4, 0.5) is 0 Å². The van der Waals surface area contributed by atoms with Crippen molar-refractivity contribution in [1.82, 2.24) is 0 Å². The first-order valence-electron chi connectivity index (χ1n) is 36.7. The maximum Gasteiger partial charge on any atom is 0.0137 e. The molecule has 13 heteroatoms. The Kier molecular flexibility index (Phi) is 217. The third-order valence-electron chi connectivity index (χ3n) is 12.4. The maximum absolute atomic E-state index is 2.48. The summed E-state index contributed by atoms with van der Waals surface area (Å²) in [4.78, 5) is 1.97. The maximum atomic E-state index is 2.48. The minimum Gasteiger partial charge on any atom is -0.107 e. The number of hydrogen-bond acceptors (Lipinski definition) is 0. The Morgan fingerprint density at radius 1 is 0.227 bits per heavy atom. The van der Waals surface area contributed by atoms with E-state index in [-0.39, 0.29) is 24.0 Å². The standard InChI is InChI=1S/C16H33I.C12H25I.C10H21I.C8H17I.C6H13I.C5H11I.3C4H9I.C3H7I.C2H5I.CH3I.HI/c1-2-3-4-5-6-7-8-9-10-11-12-13-14-15-16-17;1-2-3-4-5-6-7-8-9-10-11-12-13;1-2-3-4-5-6-7-8-9-10-11;1-2-3-4-5-6-7-8-9;1-2-3-4-5-6-7;1-2-3-4-5-6;1-4(2,3)5;1-3-4(2)5;1-2-3-4-5;1-2-3-4;1-2-3;1-2;/h2-16H2,1H3;2-12H2,1H3;2-10H2,1H3;2-8H2,1H3;2-6H2,1H3;2-5H2,1H3;1-3H3;4H,3H2,1-2H3;2-4H2,1H3;2-3H2,1H3;2H2,1H3;1H3;1H. The van der Waals surface area contributed by atoms with E-state index in [0.29, 0.717) is 3.42 Å². The second-order valence-corrected chi connectivity index (χ2v) is 38.7. The highest BCUT2D eigenvalue weighted by molar-refractivity contribution is 14.1. The lowest BCUT2D eigenvalue weighted by Gasteiger charge is -2.02. The van der Waals surface area contributed by atoms with Crippen LogP contribution in [0.3, 0.4) is 0 Å². The molecule has 0 spiro atoms. The van der Waals surface area contributed by atoms with Gasteiger partial charge < -0.3 is 0 Å². The molecule has 0 fully saturated rings. The van der Waals surface area contributed by atoms with Gasteiger partial charge in [0.25, 0.3) is 0 Å². The predicted octanol–water partition coefficient (Wildman–Crippen LogP) is 37.8. The molecule has 0 N–H and O–H groups in total. The van der Waals surface area contributed by atoms with Crippen LogP contribution in [0.15, 0.2) is 0 Å². The van der Waals surface area contributed by atoms with Crippen molar-refractivity contribution >= 4 is 295 Å². The summed E-state index contributed by atoms with van der Waals surface area (Å²) in [6.07, 6.45) is 70.2. The molecule has 0 aliphatic carbocycles. The van der Waals surface area contributed by atoms with Gasteiger partial charge in [-0.15, -0.1) is 24.0 Å². The largest absolute Gasteiger partial charge is 0.107 e. The fourth-order valence-corrected chi connectivity index (χ4v) is 11.0. The predicted molar refractivity (Wildman–Crippen MR) is 546 cm³/mol. The van der Waals surface area contributed by atoms with Gasteiger partial charge in [0.2, 0.25) is 0 Å². The number of halogens is 13. The van der Waals surface area contributed by atoms with Gasteiger partial charge in [-0.05, 0) is 103 Å². The molecule has 0 aromatic rings. The van der Waals surface area contributed by atoms with Crippen molar-refractivity contribution in [3.8, 4) is 0 Å². The van der Waals surface area contributed by atoms with Crippen LogP contribution in [0, 0.1) is 0 Å². The first-order chi connectivity index (χ1) is 42.0. The molecule has 88 heavy (non-hydrogen) atoms. The average Bonchev–Trinajstić information content (AvgIpc) is 3.51. The van der Waals surface area contributed by atoms with Crippen LogP contribution >= 0.6 is 295 Å². The summed E-state index contributed by atoms with van der Waals surface area (Å²) < 4.78 is 13.2. The van der Waals surface area contributed by atoms with Crippen molar-refractivity contribution in [2.45, 2.75) is 419 Å². The van der Waals surface area contributed by atoms with Crippen LogP contribution in [0.25, 0.3) is 0 Å². The lowest BCUT2D eigenvalue weighted by Crippen LogP contribution is -1.97. The highest BCUT2D eigenvalue weighted by Crippen LogP contribution is 2.15. The van der Waals surface area contributed by atoms with Crippen LogP contribution in [0.5, 0.6) is 0 Å². The molecule has 1 atom stereocenters. The molecule has 0 radical (unpaired) electrons. The molecule has 0 aliphatic heterocycles. The van der Waals surface area contributed by atoms with Crippen molar-refractivity contribution in [2.75, 3.05) is 44.8 Å². The van der Waals surface area contributed by atoms with Gasteiger partial charge in [-0.25, -0.2) is 0 Å². The summed E-state index contributed by atoms with van der Waals surface area (Å²) in [6, 6.07) is 0. The van der Waals surface area contributed by atoms with Gasteiger partial charge in [-0.1, -0.05) is 625 Å². The number of unbranched alkanes of at least 4 members (excludes halogenated alkanes) is 40. The van der Waals surface area contributed by atoms with E-state index in [1.165, 1.54) is 354 Å². The molecule has 1 unspecified atom stereocenters. The molecule has 0 heterocycles. The zero-order valence-electron chi connectivity index (χ0n) is 62.0. The molecule has 0 aliphatic rings. The Labute approximate surface area is 745 Å². The van der Waals surface area contributed by atoms with E-state index in [0.717, 1.165) is 3.92 Å². The summed E-state index contributed by atoms with van der Waals surface area (Å²) >= 11 is 28.7. The van der Waals surface area contributed by atoms with Crippen molar-refractivity contribution < 1.29 is 0 Å². The van der Waals surface area contributed by atoms with Crippen LogP contribution in [-0.2, 0) is 0 Å². The zero-order chi connectivity index (χ0) is 69.1. The molecule has 0 rings (SSSR count). The molecule has 554 valence electrons. The Morgan fingerprint density at radius 3 is 0.398 bits per heavy atom. The summed E-state index contributed by atoms with van der Waals surface area (Å²) in [7, 11) is 0. The van der Waals surface area contributed by atoms with Crippen LogP contribution in [0.1, 0.15) is 412 Å². The fourth-order valence-electron chi connectivity index (χ4n) is 6.97. The third kappa shape index (κ3) is 241. The molecule has 0 aromatic carbocycles. The first-order valence-corrected chi connectivity index (χ1v) is 55.0. The summed E-state index contributed by atoms with van der Waals surface area (Å²) in [6.45, 7) is 31.0. The molecule has 0 saturated carbocycles. The molecule has 0 amide bonds. The molecular weight excluding hydrogens is 2550 g/mol. The van der Waals surface area contributed by atoms with Gasteiger partial charge in [-0.3, -0.25) is 0 Å². The Balaban J connectivity index is -0.0000000659. The lowest BCUT2D eigenvalue weighted by molar-refractivity contribution is 0.539. The smallest absolute Gasteiger partial charge is 0.0137 e. The van der Waals surface area contributed by atoms with Gasteiger partial charge in [0.15, 0.2) is 0 Å². The SMILES string of the molecule is CC(C)(C)I.CCC(C)I.CCCCCCCCCCCCCCCCI.CCCCCCCCCCCCI.CCCCCCCCCCI.CCCCCCCCI.CCCCCCI.CCCCCI.CCCCI.CCCI.CCI.CI.I. The topological polar surface area (TPSA) is 0 Å². The second-order valence-electron chi connectivity index (χ2n) is 23.2. The van der Waals surface area contributed by atoms with Crippen molar-refractivity contribution in [1.29, 1.82) is 0 Å². The molecule has 0 nitrogen and oxygen atoms in total. The van der Waals surface area contributed by atoms with Gasteiger partial charge in [0.05, 0.1) is 0 Å². The van der Waals surface area contributed by atoms with Crippen LogP contribution < -0.4 is 0 Å². The molecule has 0 bridgehead atoms. The zero-order valence-corrected chi connectivity index (χ0v) is 90.3. The van der Waals surface area contributed by atoms with Crippen molar-refractivity contribution in [3.63, 3.8) is 0 Å². The number of rotatable bonds is 49. The summed E-state index contributed by atoms with van der Waals surface area (Å²) in [5, 5.41) is 0. The van der Waals surface area contributed by atoms with E-state index < -0.39 is 0 Å². The van der Waals surface area contributed by atoms with Crippen molar-refractivity contribution in [3.05, 3.63) is 0 Å². The first kappa shape index (κ1) is 127. The van der Waals surface area contributed by atoms with Crippen LogP contribution in [0.2, 0.25) is 0 Å². The lowest BCUT2D eigenvalue weighted by atomic mass is 10.0. The second kappa shape index (κ2) is 150. The van der Waals surface area contributed by atoms with E-state index in [9.17, 15) is 0 Å². The van der Waals surface area contributed by atoms with E-state index in [2.05, 4.69) is 368 Å². The van der Waals surface area contributed by atoms with Gasteiger partial charge in [0, 0.05) is 7.35 Å². The minimum absolute atomic E-state index is 0. The highest BCUT2D eigenvalue weighted by Gasteiger charge is 1.99. The van der Waals surface area contributed by atoms with E-state index >= 15 is 0 Å². The number of hydrogen-bond donors (Lipinski definition) is 0. The van der Waals surface area contributed by atoms with Gasteiger partial charge in [-0.2, -0.15) is 0 Å². The Hall–Kier alpha value is 9.49. The highest BCUT2D eigenvalue weighted by atomic mass is 127. The molecule has 0 saturated heterocycles. The van der Waals surface area contributed by atoms with E-state index in [4.69, 9.17) is 0 Å². The quantitative estimate of drug-likeness (QED) is 0.0324. The van der Waals surface area contributed by atoms with Crippen molar-refractivity contribution in [2.24, 2.45) is 0 Å². The minimum atomic E-state index is 0.